The summed E-state index contributed by atoms with van der Waals surface area (Å²) in [6.45, 7) is 1.99. The molecule has 3 atom stereocenters. The first-order valence-electron chi connectivity index (χ1n) is 10.1. The van der Waals surface area contributed by atoms with Crippen LogP contribution in [0.2, 0.25) is 0 Å². The highest BCUT2D eigenvalue weighted by Gasteiger charge is 2.30. The standard InChI is InChI=1S/C20H28N6O2/c27-20(28)24-19-6-2-1-5-18(19)23-15-4-3-11-25(12-15)16-7-9-17(10-8-16)26-14-21-13-22-26/h7-10,13-15,18-19,23-24H,1-6,11-12H2,(H,27,28). The summed E-state index contributed by atoms with van der Waals surface area (Å²) in [7, 11) is 0. The van der Waals surface area contributed by atoms with E-state index in [1.54, 1.807) is 11.0 Å². The molecule has 28 heavy (non-hydrogen) atoms. The Labute approximate surface area is 164 Å². The molecule has 3 N–H and O–H groups in total. The molecule has 4 rings (SSSR count). The molecule has 1 aliphatic heterocycles. The van der Waals surface area contributed by atoms with Gasteiger partial charge in [0.2, 0.25) is 0 Å². The average molecular weight is 384 g/mol. The number of nitrogens with one attached hydrogen (secondary N) is 2. The molecular weight excluding hydrogens is 356 g/mol. The Morgan fingerprint density at radius 3 is 2.50 bits per heavy atom. The van der Waals surface area contributed by atoms with Crippen molar-refractivity contribution in [3.63, 3.8) is 0 Å². The van der Waals surface area contributed by atoms with E-state index in [1.807, 2.05) is 0 Å². The van der Waals surface area contributed by atoms with E-state index in [4.69, 9.17) is 5.11 Å². The third-order valence-electron chi connectivity index (χ3n) is 5.84. The molecular formula is C20H28N6O2. The lowest BCUT2D eigenvalue weighted by atomic mass is 9.89. The van der Waals surface area contributed by atoms with Crippen LogP contribution in [-0.2, 0) is 0 Å². The number of carboxylic acid groups (broad SMARTS) is 1. The maximum atomic E-state index is 11.1. The molecule has 0 radical (unpaired) electrons. The predicted octanol–water partition coefficient (Wildman–Crippen LogP) is 2.40. The summed E-state index contributed by atoms with van der Waals surface area (Å²) in [5.41, 5.74) is 2.21. The monoisotopic (exact) mass is 384 g/mol. The van der Waals surface area contributed by atoms with Gasteiger partial charge < -0.3 is 20.6 Å². The summed E-state index contributed by atoms with van der Waals surface area (Å²) in [4.78, 5) is 17.5. The Balaban J connectivity index is 1.38. The highest BCUT2D eigenvalue weighted by Crippen LogP contribution is 2.24. The molecule has 2 aliphatic rings. The normalized spacial score (nSPS) is 25.4. The van der Waals surface area contributed by atoms with E-state index in [-0.39, 0.29) is 12.1 Å². The molecule has 1 aromatic carbocycles. The van der Waals surface area contributed by atoms with Crippen molar-refractivity contribution in [2.45, 2.75) is 56.7 Å². The smallest absolute Gasteiger partial charge is 0.404 e. The SMILES string of the molecule is O=C(O)NC1CCCCC1NC1CCCN(c2ccc(-n3cncn3)cc2)C1. The Bertz CT molecular complexity index is 764. The summed E-state index contributed by atoms with van der Waals surface area (Å²) in [5.74, 6) is 0. The van der Waals surface area contributed by atoms with Gasteiger partial charge in [-0.2, -0.15) is 5.10 Å². The van der Waals surface area contributed by atoms with Crippen LogP contribution in [0.5, 0.6) is 0 Å². The first-order chi connectivity index (χ1) is 13.7. The Kier molecular flexibility index (Phi) is 5.76. The van der Waals surface area contributed by atoms with Gasteiger partial charge in [-0.05, 0) is 49.9 Å². The van der Waals surface area contributed by atoms with Crippen molar-refractivity contribution < 1.29 is 9.90 Å². The molecule has 1 aliphatic carbocycles. The van der Waals surface area contributed by atoms with Crippen molar-refractivity contribution in [3.05, 3.63) is 36.9 Å². The molecule has 8 heteroatoms. The van der Waals surface area contributed by atoms with Crippen LogP contribution in [0.3, 0.4) is 0 Å². The zero-order chi connectivity index (χ0) is 19.3. The summed E-state index contributed by atoms with van der Waals surface area (Å²) in [6.07, 6.45) is 8.78. The van der Waals surface area contributed by atoms with Crippen molar-refractivity contribution in [1.29, 1.82) is 0 Å². The lowest BCUT2D eigenvalue weighted by Gasteiger charge is -2.40. The molecule has 150 valence electrons. The van der Waals surface area contributed by atoms with Gasteiger partial charge in [0, 0.05) is 36.9 Å². The first-order valence-corrected chi connectivity index (χ1v) is 10.1. The van der Waals surface area contributed by atoms with Crippen molar-refractivity contribution in [3.8, 4) is 5.69 Å². The average Bonchev–Trinajstić information content (AvgIpc) is 3.24. The Morgan fingerprint density at radius 2 is 1.79 bits per heavy atom. The Hall–Kier alpha value is -2.61. The summed E-state index contributed by atoms with van der Waals surface area (Å²) >= 11 is 0. The van der Waals surface area contributed by atoms with E-state index < -0.39 is 6.09 Å². The minimum absolute atomic E-state index is 0.0172. The topological polar surface area (TPSA) is 95.3 Å². The van der Waals surface area contributed by atoms with Crippen molar-refractivity contribution >= 4 is 11.8 Å². The van der Waals surface area contributed by atoms with Gasteiger partial charge in [-0.1, -0.05) is 12.8 Å². The second-order valence-corrected chi connectivity index (χ2v) is 7.76. The molecule has 2 aromatic rings. The van der Waals surface area contributed by atoms with Crippen LogP contribution >= 0.6 is 0 Å². The molecule has 3 unspecified atom stereocenters. The number of rotatable bonds is 5. The lowest BCUT2D eigenvalue weighted by molar-refractivity contribution is 0.176. The number of hydrogen-bond donors (Lipinski definition) is 3. The lowest BCUT2D eigenvalue weighted by Crippen LogP contribution is -2.57. The number of carbonyl (C=O) groups is 1. The van der Waals surface area contributed by atoms with Gasteiger partial charge in [0.25, 0.3) is 0 Å². The molecule has 1 saturated heterocycles. The van der Waals surface area contributed by atoms with Gasteiger partial charge in [-0.25, -0.2) is 14.5 Å². The Morgan fingerprint density at radius 1 is 1.04 bits per heavy atom. The molecule has 2 heterocycles. The number of hydrogen-bond acceptors (Lipinski definition) is 5. The second kappa shape index (κ2) is 8.60. The first kappa shape index (κ1) is 18.7. The van der Waals surface area contributed by atoms with Crippen molar-refractivity contribution in [2.75, 3.05) is 18.0 Å². The fourth-order valence-corrected chi connectivity index (χ4v) is 4.47. The molecule has 1 aromatic heterocycles. The zero-order valence-corrected chi connectivity index (χ0v) is 16.0. The van der Waals surface area contributed by atoms with Crippen LogP contribution in [0.15, 0.2) is 36.9 Å². The van der Waals surface area contributed by atoms with Gasteiger partial charge in [-0.15, -0.1) is 0 Å². The molecule has 1 amide bonds. The number of anilines is 1. The number of nitrogens with zero attached hydrogens (tertiary/aromatic N) is 4. The predicted molar refractivity (Wildman–Crippen MR) is 107 cm³/mol. The van der Waals surface area contributed by atoms with Crippen LogP contribution in [0.25, 0.3) is 5.69 Å². The number of aromatic nitrogens is 3. The van der Waals surface area contributed by atoms with Gasteiger partial charge >= 0.3 is 6.09 Å². The van der Waals surface area contributed by atoms with E-state index in [9.17, 15) is 4.79 Å². The van der Waals surface area contributed by atoms with E-state index >= 15 is 0 Å². The summed E-state index contributed by atoms with van der Waals surface area (Å²) < 4.78 is 1.75. The van der Waals surface area contributed by atoms with Crippen LogP contribution in [0, 0.1) is 0 Å². The molecule has 1 saturated carbocycles. The molecule has 2 fully saturated rings. The maximum Gasteiger partial charge on any atom is 0.404 e. The van der Waals surface area contributed by atoms with Crippen molar-refractivity contribution in [1.82, 2.24) is 25.4 Å². The minimum atomic E-state index is -0.920. The van der Waals surface area contributed by atoms with Gasteiger partial charge in [0.1, 0.15) is 12.7 Å². The molecule has 8 nitrogen and oxygen atoms in total. The van der Waals surface area contributed by atoms with Crippen LogP contribution < -0.4 is 15.5 Å². The summed E-state index contributed by atoms with van der Waals surface area (Å²) in [5, 5.41) is 19.7. The third kappa shape index (κ3) is 4.44. The van der Waals surface area contributed by atoms with E-state index in [1.165, 1.54) is 12.0 Å². The fraction of sp³-hybridized carbons (Fsp3) is 0.550. The van der Waals surface area contributed by atoms with Gasteiger partial charge in [-0.3, -0.25) is 0 Å². The quantitative estimate of drug-likeness (QED) is 0.733. The maximum absolute atomic E-state index is 11.1. The third-order valence-corrected chi connectivity index (χ3v) is 5.84. The van der Waals surface area contributed by atoms with Crippen LogP contribution in [-0.4, -0.2) is 57.2 Å². The molecule has 0 spiro atoms. The number of amides is 1. The largest absolute Gasteiger partial charge is 0.465 e. The number of piperidine rings is 1. The van der Waals surface area contributed by atoms with E-state index in [2.05, 4.69) is 49.9 Å². The van der Waals surface area contributed by atoms with Crippen molar-refractivity contribution in [2.24, 2.45) is 0 Å². The highest BCUT2D eigenvalue weighted by molar-refractivity contribution is 5.65. The van der Waals surface area contributed by atoms with Gasteiger partial charge in [0.05, 0.1) is 5.69 Å². The van der Waals surface area contributed by atoms with Gasteiger partial charge in [0.15, 0.2) is 0 Å². The number of benzene rings is 1. The zero-order valence-electron chi connectivity index (χ0n) is 16.0. The van der Waals surface area contributed by atoms with Crippen LogP contribution in [0.4, 0.5) is 10.5 Å². The van der Waals surface area contributed by atoms with E-state index in [0.717, 1.165) is 57.3 Å². The van der Waals surface area contributed by atoms with E-state index in [0.29, 0.717) is 6.04 Å². The minimum Gasteiger partial charge on any atom is -0.465 e. The molecule has 0 bridgehead atoms. The second-order valence-electron chi connectivity index (χ2n) is 7.76. The summed E-state index contributed by atoms with van der Waals surface area (Å²) in [6, 6.07) is 9.02. The van der Waals surface area contributed by atoms with Crippen LogP contribution in [0.1, 0.15) is 38.5 Å². The highest BCUT2D eigenvalue weighted by atomic mass is 16.4. The fourth-order valence-electron chi connectivity index (χ4n) is 4.47.